The number of unbranched alkanes of at least 4 members (excludes halogenated alkanes) is 35. The van der Waals surface area contributed by atoms with E-state index in [4.69, 9.17) is 4.74 Å². The first-order valence-corrected chi connectivity index (χ1v) is 27.3. The zero-order chi connectivity index (χ0) is 45.1. The summed E-state index contributed by atoms with van der Waals surface area (Å²) in [7, 11) is 0. The quantitative estimate of drug-likeness (QED) is 0.0321. The molecule has 0 aromatic heterocycles. The second-order valence-corrected chi connectivity index (χ2v) is 18.5. The molecule has 0 aromatic carbocycles. The van der Waals surface area contributed by atoms with E-state index < -0.39 is 12.1 Å². The average Bonchev–Trinajstić information content (AvgIpc) is 3.27. The maximum absolute atomic E-state index is 12.4. The summed E-state index contributed by atoms with van der Waals surface area (Å²) in [6.45, 7) is 4.86. The Morgan fingerprint density at radius 3 is 1.15 bits per heavy atom. The summed E-state index contributed by atoms with van der Waals surface area (Å²) < 4.78 is 5.46. The van der Waals surface area contributed by atoms with E-state index in [9.17, 15) is 19.8 Å². The molecular weight excluding hydrogens is 767 g/mol. The highest BCUT2D eigenvalue weighted by molar-refractivity contribution is 5.76. The van der Waals surface area contributed by atoms with Crippen LogP contribution in [0, 0.1) is 0 Å². The molecule has 0 radical (unpaired) electrons. The Kier molecular flexibility index (Phi) is 50.1. The van der Waals surface area contributed by atoms with Crippen molar-refractivity contribution in [3.05, 3.63) is 36.5 Å². The Morgan fingerprint density at radius 2 is 0.758 bits per heavy atom. The number of allylic oxidation sites excluding steroid dienone is 5. The van der Waals surface area contributed by atoms with Gasteiger partial charge in [0.15, 0.2) is 0 Å². The lowest BCUT2D eigenvalue weighted by Crippen LogP contribution is -2.45. The average molecular weight is 872 g/mol. The standard InChI is InChI=1S/C56H105NO5/c1-3-5-7-9-11-13-15-17-24-28-32-36-40-44-48-54(59)53(52-58)57-55(60)49-45-41-37-33-29-25-22-20-19-21-23-27-31-35-39-43-47-51-62-56(61)50-46-42-38-34-30-26-18-16-14-12-10-8-6-4-2/h16,18-19,21,44,48,53-54,58-59H,3-15,17,20,22-43,45-47,49-52H2,1-2H3,(H,57,60)/b18-16-,21-19-,48-44+. The largest absolute Gasteiger partial charge is 0.466 e. The highest BCUT2D eigenvalue weighted by Crippen LogP contribution is 2.15. The van der Waals surface area contributed by atoms with Crippen LogP contribution in [-0.2, 0) is 14.3 Å². The minimum atomic E-state index is -0.852. The van der Waals surface area contributed by atoms with Gasteiger partial charge in [-0.2, -0.15) is 0 Å². The Hall–Kier alpha value is -1.92. The van der Waals surface area contributed by atoms with E-state index in [1.54, 1.807) is 6.08 Å². The fourth-order valence-corrected chi connectivity index (χ4v) is 8.15. The number of carbonyl (C=O) groups excluding carboxylic acids is 2. The molecule has 0 aromatic rings. The fourth-order valence-electron chi connectivity index (χ4n) is 8.15. The number of ether oxygens (including phenoxy) is 1. The Bertz CT molecular complexity index is 1010. The molecule has 364 valence electrons. The van der Waals surface area contributed by atoms with Crippen LogP contribution in [0.5, 0.6) is 0 Å². The van der Waals surface area contributed by atoms with Crippen molar-refractivity contribution in [1.29, 1.82) is 0 Å². The third-order valence-electron chi connectivity index (χ3n) is 12.4. The van der Waals surface area contributed by atoms with Crippen molar-refractivity contribution in [2.24, 2.45) is 0 Å². The van der Waals surface area contributed by atoms with Crippen molar-refractivity contribution in [2.45, 2.75) is 296 Å². The highest BCUT2D eigenvalue weighted by atomic mass is 16.5. The van der Waals surface area contributed by atoms with Crippen LogP contribution in [0.1, 0.15) is 284 Å². The van der Waals surface area contributed by atoms with Gasteiger partial charge in [0.2, 0.25) is 5.91 Å². The van der Waals surface area contributed by atoms with Crippen molar-refractivity contribution >= 4 is 11.9 Å². The molecule has 3 N–H and O–H groups in total. The summed E-state index contributed by atoms with van der Waals surface area (Å²) in [4.78, 5) is 24.4. The molecule has 0 spiro atoms. The van der Waals surface area contributed by atoms with Gasteiger partial charge in [-0.25, -0.2) is 0 Å². The number of nitrogens with one attached hydrogen (secondary N) is 1. The van der Waals surface area contributed by atoms with Gasteiger partial charge in [0.1, 0.15) is 0 Å². The molecule has 0 aliphatic rings. The van der Waals surface area contributed by atoms with E-state index in [2.05, 4.69) is 43.5 Å². The van der Waals surface area contributed by atoms with E-state index >= 15 is 0 Å². The molecule has 0 aliphatic heterocycles. The van der Waals surface area contributed by atoms with E-state index in [0.29, 0.717) is 19.4 Å². The molecule has 0 aliphatic carbocycles. The SMILES string of the molecule is CCCCCCC/C=C\CCCCCCCC(=O)OCCCCCCCC/C=C\CCCCCCCCCC(=O)NC(CO)C(O)/C=C/CCCCCCCCCCCCCC. The first-order valence-electron chi connectivity index (χ1n) is 27.3. The molecule has 0 heterocycles. The Balaban J connectivity index is 3.49. The molecule has 2 atom stereocenters. The lowest BCUT2D eigenvalue weighted by Gasteiger charge is -2.20. The Labute approximate surface area is 385 Å². The number of hydrogen-bond acceptors (Lipinski definition) is 5. The van der Waals surface area contributed by atoms with Gasteiger partial charge in [0.25, 0.3) is 0 Å². The van der Waals surface area contributed by atoms with Crippen molar-refractivity contribution in [3.8, 4) is 0 Å². The molecular formula is C56H105NO5. The van der Waals surface area contributed by atoms with Crippen LogP contribution in [0.25, 0.3) is 0 Å². The van der Waals surface area contributed by atoms with E-state index in [1.807, 2.05) is 6.08 Å². The molecule has 2 unspecified atom stereocenters. The van der Waals surface area contributed by atoms with Crippen LogP contribution < -0.4 is 5.32 Å². The molecule has 6 nitrogen and oxygen atoms in total. The zero-order valence-electron chi connectivity index (χ0n) is 41.4. The van der Waals surface area contributed by atoms with Gasteiger partial charge in [-0.15, -0.1) is 0 Å². The Morgan fingerprint density at radius 1 is 0.435 bits per heavy atom. The maximum atomic E-state index is 12.4. The van der Waals surface area contributed by atoms with Gasteiger partial charge in [-0.1, -0.05) is 224 Å². The van der Waals surface area contributed by atoms with Crippen molar-refractivity contribution in [2.75, 3.05) is 13.2 Å². The first-order chi connectivity index (χ1) is 30.5. The van der Waals surface area contributed by atoms with Crippen LogP contribution in [0.3, 0.4) is 0 Å². The molecule has 0 saturated heterocycles. The van der Waals surface area contributed by atoms with Gasteiger partial charge in [0.05, 0.1) is 25.4 Å². The summed E-state index contributed by atoms with van der Waals surface area (Å²) in [5.74, 6) is -0.0924. The molecule has 0 saturated carbocycles. The lowest BCUT2D eigenvalue weighted by atomic mass is 10.0. The zero-order valence-corrected chi connectivity index (χ0v) is 41.4. The van der Waals surface area contributed by atoms with Crippen molar-refractivity contribution in [1.82, 2.24) is 5.32 Å². The highest BCUT2D eigenvalue weighted by Gasteiger charge is 2.18. The summed E-state index contributed by atoms with van der Waals surface area (Å²) in [5.41, 5.74) is 0. The third kappa shape index (κ3) is 47.6. The first kappa shape index (κ1) is 60.1. The van der Waals surface area contributed by atoms with Gasteiger partial charge in [0, 0.05) is 12.8 Å². The second-order valence-electron chi connectivity index (χ2n) is 18.5. The number of aliphatic hydroxyl groups excluding tert-OH is 2. The predicted molar refractivity (Wildman–Crippen MR) is 269 cm³/mol. The summed E-state index contributed by atoms with van der Waals surface area (Å²) in [6, 6.07) is -0.637. The van der Waals surface area contributed by atoms with Crippen LogP contribution in [0.2, 0.25) is 0 Å². The smallest absolute Gasteiger partial charge is 0.305 e. The van der Waals surface area contributed by atoms with Gasteiger partial charge < -0.3 is 20.3 Å². The third-order valence-corrected chi connectivity index (χ3v) is 12.4. The number of rotatable bonds is 50. The molecule has 1 amide bonds. The second kappa shape index (κ2) is 51.7. The number of amides is 1. The topological polar surface area (TPSA) is 95.9 Å². The molecule has 6 heteroatoms. The lowest BCUT2D eigenvalue weighted by molar-refractivity contribution is -0.143. The van der Waals surface area contributed by atoms with E-state index in [1.165, 1.54) is 199 Å². The van der Waals surface area contributed by atoms with E-state index in [-0.39, 0.29) is 18.5 Å². The summed E-state index contributed by atoms with van der Waals surface area (Å²) >= 11 is 0. The van der Waals surface area contributed by atoms with Crippen molar-refractivity contribution in [3.63, 3.8) is 0 Å². The predicted octanol–water partition coefficient (Wildman–Crippen LogP) is 16.5. The van der Waals surface area contributed by atoms with Crippen LogP contribution >= 0.6 is 0 Å². The molecule has 0 fully saturated rings. The monoisotopic (exact) mass is 872 g/mol. The summed E-state index contributed by atoms with van der Waals surface area (Å²) in [6.07, 6.45) is 62.9. The molecule has 0 rings (SSSR count). The van der Waals surface area contributed by atoms with Gasteiger partial charge in [-0.05, 0) is 83.5 Å². The molecule has 62 heavy (non-hydrogen) atoms. The van der Waals surface area contributed by atoms with Crippen LogP contribution in [0.15, 0.2) is 36.5 Å². The van der Waals surface area contributed by atoms with Crippen LogP contribution in [-0.4, -0.2) is 47.4 Å². The van der Waals surface area contributed by atoms with E-state index in [0.717, 1.165) is 57.8 Å². The van der Waals surface area contributed by atoms with Gasteiger partial charge in [-0.3, -0.25) is 9.59 Å². The number of carbonyl (C=O) groups is 2. The summed E-state index contributed by atoms with van der Waals surface area (Å²) in [5, 5.41) is 23.0. The van der Waals surface area contributed by atoms with Crippen LogP contribution in [0.4, 0.5) is 0 Å². The van der Waals surface area contributed by atoms with Gasteiger partial charge >= 0.3 is 5.97 Å². The fraction of sp³-hybridized carbons (Fsp3) is 0.857. The minimum absolute atomic E-state index is 0.0118. The molecule has 0 bridgehead atoms. The van der Waals surface area contributed by atoms with Crippen molar-refractivity contribution < 1.29 is 24.5 Å². The minimum Gasteiger partial charge on any atom is -0.466 e. The number of esters is 1. The number of hydrogen-bond donors (Lipinski definition) is 3. The normalized spacial score (nSPS) is 12.9. The maximum Gasteiger partial charge on any atom is 0.305 e. The number of aliphatic hydroxyl groups is 2.